The first-order chi connectivity index (χ1) is 12.5. The third-order valence-corrected chi connectivity index (χ3v) is 4.00. The number of ether oxygens (including phenoxy) is 2. The lowest BCUT2D eigenvalue weighted by molar-refractivity contribution is -0.390. The van der Waals surface area contributed by atoms with Crippen LogP contribution in [0.2, 0.25) is 0 Å². The van der Waals surface area contributed by atoms with E-state index in [-0.39, 0.29) is 24.7 Å². The van der Waals surface area contributed by atoms with Crippen molar-refractivity contribution in [1.29, 1.82) is 0 Å². The first-order valence-electron chi connectivity index (χ1n) is 7.61. The number of hydrogen-bond acceptors (Lipinski definition) is 7. The van der Waals surface area contributed by atoms with E-state index >= 15 is 0 Å². The number of carbonyl (C=O) groups is 1. The van der Waals surface area contributed by atoms with Crippen molar-refractivity contribution in [1.82, 2.24) is 4.98 Å². The molecule has 0 unspecified atom stereocenters. The van der Waals surface area contributed by atoms with Gasteiger partial charge in [-0.3, -0.25) is 0 Å². The van der Waals surface area contributed by atoms with Gasteiger partial charge in [-0.15, -0.1) is 0 Å². The van der Waals surface area contributed by atoms with Crippen molar-refractivity contribution in [2.24, 2.45) is 0 Å². The van der Waals surface area contributed by atoms with Crippen molar-refractivity contribution < 1.29 is 23.6 Å². The van der Waals surface area contributed by atoms with E-state index in [1.165, 1.54) is 18.3 Å². The van der Waals surface area contributed by atoms with Gasteiger partial charge in [0, 0.05) is 9.86 Å². The molecule has 26 heavy (non-hydrogen) atoms. The molecule has 2 aromatic heterocycles. The van der Waals surface area contributed by atoms with Crippen LogP contribution in [0, 0.1) is 10.1 Å². The minimum absolute atomic E-state index is 0.00310. The highest BCUT2D eigenvalue weighted by Gasteiger charge is 2.24. The van der Waals surface area contributed by atoms with Gasteiger partial charge in [-0.25, -0.2) is 4.79 Å². The zero-order valence-corrected chi connectivity index (χ0v) is 15.2. The number of esters is 1. The molecule has 2 heterocycles. The van der Waals surface area contributed by atoms with Gasteiger partial charge in [0.15, 0.2) is 0 Å². The predicted octanol–water partition coefficient (Wildman–Crippen LogP) is 4.25. The van der Waals surface area contributed by atoms with Crippen LogP contribution >= 0.6 is 15.9 Å². The van der Waals surface area contributed by atoms with Crippen molar-refractivity contribution in [3.63, 3.8) is 0 Å². The van der Waals surface area contributed by atoms with E-state index in [0.717, 1.165) is 4.47 Å². The summed E-state index contributed by atoms with van der Waals surface area (Å²) >= 11 is 3.37. The third kappa shape index (κ3) is 3.52. The number of pyridine rings is 1. The molecular formula is C17H13BrN2O6. The van der Waals surface area contributed by atoms with E-state index in [1.807, 2.05) is 0 Å². The zero-order chi connectivity index (χ0) is 18.7. The van der Waals surface area contributed by atoms with Gasteiger partial charge in [0.05, 0.1) is 12.2 Å². The summed E-state index contributed by atoms with van der Waals surface area (Å²) in [5.41, 5.74) is 0.924. The molecule has 0 aliphatic carbocycles. The lowest BCUT2D eigenvalue weighted by atomic mass is 10.1. The average molecular weight is 421 g/mol. The van der Waals surface area contributed by atoms with Gasteiger partial charge in [-0.1, -0.05) is 15.9 Å². The third-order valence-electron chi connectivity index (χ3n) is 3.51. The van der Waals surface area contributed by atoms with Gasteiger partial charge in [-0.2, -0.15) is 0 Å². The minimum atomic E-state index is -0.633. The molecule has 0 bridgehead atoms. The second-order valence-electron chi connectivity index (χ2n) is 5.14. The van der Waals surface area contributed by atoms with Crippen LogP contribution in [0.15, 0.2) is 45.4 Å². The van der Waals surface area contributed by atoms with Gasteiger partial charge < -0.3 is 24.0 Å². The molecule has 0 spiro atoms. The summed E-state index contributed by atoms with van der Waals surface area (Å²) in [4.78, 5) is 26.3. The molecule has 3 rings (SSSR count). The Balaban J connectivity index is 2.01. The highest BCUT2D eigenvalue weighted by Crippen LogP contribution is 2.31. The Kier molecular flexibility index (Phi) is 5.17. The molecule has 0 fully saturated rings. The number of carbonyl (C=O) groups excluding carboxylic acids is 1. The van der Waals surface area contributed by atoms with Crippen LogP contribution in [0.25, 0.3) is 11.0 Å². The van der Waals surface area contributed by atoms with Crippen molar-refractivity contribution >= 4 is 38.7 Å². The summed E-state index contributed by atoms with van der Waals surface area (Å²) in [6.07, 6.45) is 1.30. The number of fused-ring (bicyclic) bond motifs is 1. The van der Waals surface area contributed by atoms with Crippen LogP contribution in [-0.4, -0.2) is 22.5 Å². The largest absolute Gasteiger partial charge is 0.481 e. The summed E-state index contributed by atoms with van der Waals surface area (Å²) in [5.74, 6) is -1.03. The number of rotatable bonds is 6. The highest BCUT2D eigenvalue weighted by molar-refractivity contribution is 9.10. The highest BCUT2D eigenvalue weighted by atomic mass is 79.9. The second-order valence-corrected chi connectivity index (χ2v) is 6.06. The Hall–Kier alpha value is -2.94. The standard InChI is InChI=1S/C17H13BrN2O6/c1-2-24-17(21)15-12(11-8-10(18)5-6-13(11)26-15)9-25-14-4-3-7-19-16(14)20(22)23/h3-8H,2,9H2,1H3. The Morgan fingerprint density at radius 3 is 2.92 bits per heavy atom. The molecule has 1 aromatic carbocycles. The minimum Gasteiger partial charge on any atom is -0.481 e. The quantitative estimate of drug-likeness (QED) is 0.333. The van der Waals surface area contributed by atoms with Gasteiger partial charge in [0.1, 0.15) is 18.4 Å². The molecule has 0 radical (unpaired) electrons. The van der Waals surface area contributed by atoms with E-state index < -0.39 is 16.7 Å². The Morgan fingerprint density at radius 1 is 1.38 bits per heavy atom. The smallest absolute Gasteiger partial charge is 0.406 e. The monoisotopic (exact) mass is 420 g/mol. The number of halogens is 1. The molecule has 0 saturated carbocycles. The SMILES string of the molecule is CCOC(=O)c1oc2ccc(Br)cc2c1COc1cccnc1[N+](=O)[O-]. The number of aromatic nitrogens is 1. The number of hydrogen-bond donors (Lipinski definition) is 0. The fourth-order valence-electron chi connectivity index (χ4n) is 2.41. The van der Waals surface area contributed by atoms with Crippen molar-refractivity contribution in [3.05, 3.63) is 62.4 Å². The Labute approximate surface area is 156 Å². The van der Waals surface area contributed by atoms with Crippen LogP contribution in [0.5, 0.6) is 5.75 Å². The first kappa shape index (κ1) is 17.9. The second kappa shape index (κ2) is 7.52. The summed E-state index contributed by atoms with van der Waals surface area (Å²) in [6.45, 7) is 1.75. The van der Waals surface area contributed by atoms with Gasteiger partial charge in [0.25, 0.3) is 0 Å². The number of nitrogens with zero attached hydrogens (tertiary/aromatic N) is 2. The average Bonchev–Trinajstić information content (AvgIpc) is 2.98. The summed E-state index contributed by atoms with van der Waals surface area (Å²) in [5, 5.41) is 11.7. The molecule has 8 nitrogen and oxygen atoms in total. The lowest BCUT2D eigenvalue weighted by Gasteiger charge is -2.07. The molecule has 9 heteroatoms. The van der Waals surface area contributed by atoms with Crippen molar-refractivity contribution in [2.45, 2.75) is 13.5 Å². The maximum absolute atomic E-state index is 12.2. The van der Waals surface area contributed by atoms with Crippen LogP contribution in [-0.2, 0) is 11.3 Å². The number of benzene rings is 1. The van der Waals surface area contributed by atoms with E-state index in [1.54, 1.807) is 25.1 Å². The lowest BCUT2D eigenvalue weighted by Crippen LogP contribution is -2.08. The molecule has 0 atom stereocenters. The molecule has 0 aliphatic heterocycles. The maximum atomic E-state index is 12.2. The van der Waals surface area contributed by atoms with Crippen LogP contribution in [0.1, 0.15) is 23.0 Å². The van der Waals surface area contributed by atoms with Crippen molar-refractivity contribution in [3.8, 4) is 5.75 Å². The van der Waals surface area contributed by atoms with Crippen LogP contribution in [0.4, 0.5) is 5.82 Å². The van der Waals surface area contributed by atoms with Crippen LogP contribution < -0.4 is 4.74 Å². The van der Waals surface area contributed by atoms with Crippen molar-refractivity contribution in [2.75, 3.05) is 6.61 Å². The molecule has 3 aromatic rings. The molecule has 0 N–H and O–H groups in total. The molecular weight excluding hydrogens is 408 g/mol. The molecule has 134 valence electrons. The molecule has 0 saturated heterocycles. The fraction of sp³-hybridized carbons (Fsp3) is 0.176. The van der Waals surface area contributed by atoms with E-state index in [2.05, 4.69) is 20.9 Å². The topological polar surface area (TPSA) is 105 Å². The number of furan rings is 1. The Bertz CT molecular complexity index is 985. The fourth-order valence-corrected chi connectivity index (χ4v) is 2.77. The van der Waals surface area contributed by atoms with Gasteiger partial charge >= 0.3 is 11.8 Å². The summed E-state index contributed by atoms with van der Waals surface area (Å²) in [6, 6.07) is 8.22. The summed E-state index contributed by atoms with van der Waals surface area (Å²) in [7, 11) is 0. The Morgan fingerprint density at radius 2 is 2.19 bits per heavy atom. The zero-order valence-electron chi connectivity index (χ0n) is 13.6. The van der Waals surface area contributed by atoms with E-state index in [4.69, 9.17) is 13.9 Å². The molecule has 0 aliphatic rings. The van der Waals surface area contributed by atoms with Crippen LogP contribution in [0.3, 0.4) is 0 Å². The number of nitro groups is 1. The molecule has 0 amide bonds. The normalized spacial score (nSPS) is 10.7. The van der Waals surface area contributed by atoms with E-state index in [0.29, 0.717) is 16.5 Å². The summed E-state index contributed by atoms with van der Waals surface area (Å²) < 4.78 is 17.0. The maximum Gasteiger partial charge on any atom is 0.406 e. The van der Waals surface area contributed by atoms with Gasteiger partial charge in [-0.05, 0) is 47.2 Å². The van der Waals surface area contributed by atoms with Gasteiger partial charge in [0.2, 0.25) is 11.5 Å². The first-order valence-corrected chi connectivity index (χ1v) is 8.40. The van der Waals surface area contributed by atoms with E-state index in [9.17, 15) is 14.9 Å². The predicted molar refractivity (Wildman–Crippen MR) is 95.1 cm³/mol.